The Bertz CT molecular complexity index is 817. The van der Waals surface area contributed by atoms with Crippen molar-refractivity contribution in [1.29, 1.82) is 0 Å². The predicted molar refractivity (Wildman–Crippen MR) is 125 cm³/mol. The van der Waals surface area contributed by atoms with E-state index in [4.69, 9.17) is 0 Å². The Morgan fingerprint density at radius 3 is 1.79 bits per heavy atom. The summed E-state index contributed by atoms with van der Waals surface area (Å²) in [5.41, 5.74) is 5.39. The van der Waals surface area contributed by atoms with Gasteiger partial charge >= 0.3 is 0 Å². The zero-order valence-corrected chi connectivity index (χ0v) is 18.5. The van der Waals surface area contributed by atoms with Crippen molar-refractivity contribution in [3.05, 3.63) is 95.6 Å². The van der Waals surface area contributed by atoms with E-state index in [0.29, 0.717) is 0 Å². The first kappa shape index (κ1) is 20.2. The molecule has 0 radical (unpaired) electrons. The van der Waals surface area contributed by atoms with Crippen LogP contribution in [0.3, 0.4) is 0 Å². The summed E-state index contributed by atoms with van der Waals surface area (Å²) in [6.07, 6.45) is 16.0. The molecule has 29 heavy (non-hydrogen) atoms. The van der Waals surface area contributed by atoms with Crippen LogP contribution in [0.1, 0.15) is 76.8 Å². The van der Waals surface area contributed by atoms with Crippen molar-refractivity contribution in [2.75, 3.05) is 0 Å². The third-order valence-corrected chi connectivity index (χ3v) is 7.76. The summed E-state index contributed by atoms with van der Waals surface area (Å²) in [4.78, 5) is 0. The number of hydrogen-bond acceptors (Lipinski definition) is 0. The number of allylic oxidation sites excluding steroid dienone is 4. The summed E-state index contributed by atoms with van der Waals surface area (Å²) < 4.78 is 0. The fourth-order valence-electron chi connectivity index (χ4n) is 6.82. The lowest BCUT2D eigenvalue weighted by Gasteiger charge is -2.59. The van der Waals surface area contributed by atoms with Crippen molar-refractivity contribution in [3.63, 3.8) is 0 Å². The second-order valence-corrected chi connectivity index (χ2v) is 9.79. The molecule has 2 aromatic rings. The van der Waals surface area contributed by atoms with Crippen LogP contribution in [0.15, 0.2) is 84.5 Å². The van der Waals surface area contributed by atoms with Gasteiger partial charge in [-0.2, -0.15) is 0 Å². The maximum atomic E-state index is 2.54. The Hall–Kier alpha value is -2.08. The van der Waals surface area contributed by atoms with Crippen LogP contribution >= 0.6 is 0 Å². The van der Waals surface area contributed by atoms with Gasteiger partial charge in [-0.05, 0) is 78.4 Å². The van der Waals surface area contributed by atoms with Crippen LogP contribution < -0.4 is 0 Å². The zero-order valence-electron chi connectivity index (χ0n) is 18.5. The van der Waals surface area contributed by atoms with Crippen molar-refractivity contribution in [2.24, 2.45) is 5.41 Å². The first-order valence-corrected chi connectivity index (χ1v) is 11.5. The Kier molecular flexibility index (Phi) is 5.56. The molecule has 4 rings (SSSR count). The van der Waals surface area contributed by atoms with Crippen molar-refractivity contribution in [1.82, 2.24) is 0 Å². The molecule has 0 aliphatic heterocycles. The fraction of sp³-hybridized carbons (Fsp3) is 0.448. The molecule has 0 heterocycles. The molecule has 0 saturated heterocycles. The highest BCUT2D eigenvalue weighted by atomic mass is 14.6. The van der Waals surface area contributed by atoms with Crippen LogP contribution in [0.25, 0.3) is 0 Å². The SMILES string of the molecule is C/C=C(\C=C/CC)C1(C)CC2(c3ccccc3)CCCC(c3ccccc3)(C1)C2. The molecule has 2 atom stereocenters. The third-order valence-electron chi connectivity index (χ3n) is 7.76. The van der Waals surface area contributed by atoms with Crippen LogP contribution in [0.2, 0.25) is 0 Å². The summed E-state index contributed by atoms with van der Waals surface area (Å²) in [7, 11) is 0. The lowest BCUT2D eigenvalue weighted by molar-refractivity contribution is 0.0391. The zero-order chi connectivity index (χ0) is 20.4. The largest absolute Gasteiger partial charge is 0.0845 e. The van der Waals surface area contributed by atoms with Gasteiger partial charge in [0.2, 0.25) is 0 Å². The Balaban J connectivity index is 1.87. The molecule has 2 fully saturated rings. The van der Waals surface area contributed by atoms with Gasteiger partial charge in [0.05, 0.1) is 0 Å². The monoisotopic (exact) mass is 384 g/mol. The van der Waals surface area contributed by atoms with E-state index in [0.717, 1.165) is 6.42 Å². The summed E-state index contributed by atoms with van der Waals surface area (Å²) in [6, 6.07) is 22.9. The van der Waals surface area contributed by atoms with Crippen molar-refractivity contribution >= 4 is 0 Å². The fourth-order valence-corrected chi connectivity index (χ4v) is 6.82. The van der Waals surface area contributed by atoms with Crippen LogP contribution in [0.4, 0.5) is 0 Å². The van der Waals surface area contributed by atoms with E-state index in [1.165, 1.54) is 44.1 Å². The molecule has 2 aromatic carbocycles. The lowest BCUT2D eigenvalue weighted by atomic mass is 9.44. The molecular weight excluding hydrogens is 348 g/mol. The molecule has 0 heteroatoms. The minimum absolute atomic E-state index is 0.199. The average Bonchev–Trinajstić information content (AvgIpc) is 2.75. The van der Waals surface area contributed by atoms with Crippen molar-refractivity contribution in [2.45, 2.75) is 76.5 Å². The molecule has 0 nitrogen and oxygen atoms in total. The summed E-state index contributed by atoms with van der Waals surface area (Å²) in [6.45, 7) is 7.01. The molecule has 2 saturated carbocycles. The topological polar surface area (TPSA) is 0 Å². The summed E-state index contributed by atoms with van der Waals surface area (Å²) >= 11 is 0. The normalized spacial score (nSPS) is 32.4. The van der Waals surface area contributed by atoms with Crippen LogP contribution in [0, 0.1) is 5.41 Å². The highest BCUT2D eigenvalue weighted by Gasteiger charge is 2.56. The van der Waals surface area contributed by atoms with E-state index in [1.807, 2.05) is 0 Å². The minimum atomic E-state index is 0.199. The Morgan fingerprint density at radius 1 is 0.828 bits per heavy atom. The van der Waals surface area contributed by atoms with Gasteiger partial charge in [-0.15, -0.1) is 0 Å². The third kappa shape index (κ3) is 3.63. The highest BCUT2D eigenvalue weighted by Crippen LogP contribution is 2.64. The molecule has 2 aliphatic carbocycles. The number of benzene rings is 2. The molecule has 0 aromatic heterocycles. The van der Waals surface area contributed by atoms with Crippen LogP contribution in [0.5, 0.6) is 0 Å². The standard InChI is InChI=1S/C29H36/c1-4-6-14-24(5-2)27(3)21-28(25-15-9-7-10-16-25)19-13-20-29(22-27,23-28)26-17-11-8-12-18-26/h5-12,14-18H,4,13,19-23H2,1-3H3/b14-6-,24-5+. The molecule has 2 bridgehead atoms. The van der Waals surface area contributed by atoms with Crippen molar-refractivity contribution in [3.8, 4) is 0 Å². The van der Waals surface area contributed by atoms with Crippen LogP contribution in [-0.2, 0) is 10.8 Å². The van der Waals surface area contributed by atoms with E-state index in [1.54, 1.807) is 11.1 Å². The molecule has 0 amide bonds. The average molecular weight is 385 g/mol. The first-order valence-electron chi connectivity index (χ1n) is 11.5. The van der Waals surface area contributed by atoms with Gasteiger partial charge in [0, 0.05) is 0 Å². The molecule has 0 N–H and O–H groups in total. The van der Waals surface area contributed by atoms with E-state index in [-0.39, 0.29) is 16.2 Å². The molecule has 0 spiro atoms. The minimum Gasteiger partial charge on any atom is -0.0845 e. The first-order chi connectivity index (χ1) is 14.1. The quantitative estimate of drug-likeness (QED) is 0.456. The van der Waals surface area contributed by atoms with Gasteiger partial charge in [-0.3, -0.25) is 0 Å². The Morgan fingerprint density at radius 2 is 1.34 bits per heavy atom. The van der Waals surface area contributed by atoms with Crippen LogP contribution in [-0.4, -0.2) is 0 Å². The van der Waals surface area contributed by atoms with Gasteiger partial charge in [-0.1, -0.05) is 99.2 Å². The Labute approximate surface area is 177 Å². The number of rotatable bonds is 5. The molecule has 2 aliphatic rings. The second kappa shape index (κ2) is 7.98. The predicted octanol–water partition coefficient (Wildman–Crippen LogP) is 8.15. The maximum Gasteiger partial charge on any atom is -0.00301 e. The van der Waals surface area contributed by atoms with Gasteiger partial charge in [0.15, 0.2) is 0 Å². The van der Waals surface area contributed by atoms with E-state index < -0.39 is 0 Å². The van der Waals surface area contributed by atoms with Gasteiger partial charge < -0.3 is 0 Å². The van der Waals surface area contributed by atoms with Gasteiger partial charge in [0.25, 0.3) is 0 Å². The van der Waals surface area contributed by atoms with E-state index >= 15 is 0 Å². The summed E-state index contributed by atoms with van der Waals surface area (Å²) in [5, 5.41) is 0. The van der Waals surface area contributed by atoms with Gasteiger partial charge in [0.1, 0.15) is 0 Å². The smallest absolute Gasteiger partial charge is 0.00301 e. The molecule has 152 valence electrons. The number of fused-ring (bicyclic) bond motifs is 2. The summed E-state index contributed by atoms with van der Waals surface area (Å²) in [5.74, 6) is 0. The van der Waals surface area contributed by atoms with Gasteiger partial charge in [-0.25, -0.2) is 0 Å². The molecule has 2 unspecified atom stereocenters. The number of hydrogen-bond donors (Lipinski definition) is 0. The molecular formula is C29H36. The lowest BCUT2D eigenvalue weighted by Crippen LogP contribution is -2.52. The van der Waals surface area contributed by atoms with E-state index in [2.05, 4.69) is 99.7 Å². The maximum absolute atomic E-state index is 2.54. The van der Waals surface area contributed by atoms with E-state index in [9.17, 15) is 0 Å². The van der Waals surface area contributed by atoms with Crippen molar-refractivity contribution < 1.29 is 0 Å². The highest BCUT2D eigenvalue weighted by molar-refractivity contribution is 5.40. The second-order valence-electron chi connectivity index (χ2n) is 9.79.